The molecule has 0 fully saturated rings. The second kappa shape index (κ2) is 16.1. The first-order valence-electron chi connectivity index (χ1n) is 14.3. The predicted molar refractivity (Wildman–Crippen MR) is 158 cm³/mol. The van der Waals surface area contributed by atoms with Crippen molar-refractivity contribution in [2.75, 3.05) is 33.3 Å². The lowest BCUT2D eigenvalue weighted by atomic mass is 10.0. The summed E-state index contributed by atoms with van der Waals surface area (Å²) in [7, 11) is 1.63. The van der Waals surface area contributed by atoms with Crippen LogP contribution in [0.3, 0.4) is 0 Å². The van der Waals surface area contributed by atoms with E-state index >= 15 is 0 Å². The molecule has 0 unspecified atom stereocenters. The maximum absolute atomic E-state index is 13.2. The van der Waals surface area contributed by atoms with Crippen LogP contribution in [0.5, 0.6) is 5.75 Å². The van der Waals surface area contributed by atoms with E-state index in [9.17, 15) is 24.0 Å². The number of fused-ring (bicyclic) bond motifs is 19. The van der Waals surface area contributed by atoms with Crippen LogP contribution in [0.4, 0.5) is 0 Å². The van der Waals surface area contributed by atoms with Crippen molar-refractivity contribution in [3.05, 3.63) is 65.7 Å². The van der Waals surface area contributed by atoms with Crippen molar-refractivity contribution in [1.82, 2.24) is 26.2 Å². The van der Waals surface area contributed by atoms with E-state index in [1.807, 2.05) is 13.8 Å². The van der Waals surface area contributed by atoms with Gasteiger partial charge in [0.1, 0.15) is 17.8 Å². The number of amides is 5. The van der Waals surface area contributed by atoms with Crippen molar-refractivity contribution in [2.45, 2.75) is 51.6 Å². The summed E-state index contributed by atoms with van der Waals surface area (Å²) in [6, 6.07) is 14.0. The second-order valence-electron chi connectivity index (χ2n) is 10.8. The minimum atomic E-state index is -0.870. The smallest absolute Gasteiger partial charge is 0.258 e. The van der Waals surface area contributed by atoms with E-state index < -0.39 is 12.1 Å². The summed E-state index contributed by atoms with van der Waals surface area (Å²) in [6.45, 7) is 4.47. The van der Waals surface area contributed by atoms with E-state index in [-0.39, 0.29) is 74.5 Å². The van der Waals surface area contributed by atoms with Crippen LogP contribution in [0, 0.1) is 5.92 Å². The molecule has 2 aromatic rings. The summed E-state index contributed by atoms with van der Waals surface area (Å²) >= 11 is 0. The van der Waals surface area contributed by atoms with Gasteiger partial charge in [-0.1, -0.05) is 44.2 Å². The van der Waals surface area contributed by atoms with Crippen LogP contribution in [0.15, 0.2) is 54.6 Å². The minimum Gasteiger partial charge on any atom is -0.484 e. The van der Waals surface area contributed by atoms with Crippen molar-refractivity contribution in [3.8, 4) is 5.75 Å². The van der Waals surface area contributed by atoms with Crippen LogP contribution in [-0.2, 0) is 25.6 Å². The average Bonchev–Trinajstić information content (AvgIpc) is 2.97. The Labute approximate surface area is 246 Å². The highest BCUT2D eigenvalue weighted by Crippen LogP contribution is 2.14. The van der Waals surface area contributed by atoms with E-state index in [0.29, 0.717) is 24.2 Å². The fourth-order valence-electron chi connectivity index (χ4n) is 4.48. The zero-order chi connectivity index (χ0) is 30.5. The molecule has 0 saturated carbocycles. The lowest BCUT2D eigenvalue weighted by Gasteiger charge is -2.26. The van der Waals surface area contributed by atoms with Crippen molar-refractivity contribution >= 4 is 29.5 Å². The summed E-state index contributed by atoms with van der Waals surface area (Å²) in [5.74, 6) is -0.992. The molecule has 42 heavy (non-hydrogen) atoms. The van der Waals surface area contributed by atoms with Gasteiger partial charge in [-0.2, -0.15) is 0 Å². The monoisotopic (exact) mass is 579 g/mol. The molecule has 0 aromatic heterocycles. The molecule has 2 heterocycles. The molecule has 0 radical (unpaired) electrons. The molecule has 5 amide bonds. The summed E-state index contributed by atoms with van der Waals surface area (Å²) < 4.78 is 5.59. The number of nitrogens with zero attached hydrogens (tertiary/aromatic N) is 1. The molecule has 226 valence electrons. The van der Waals surface area contributed by atoms with E-state index in [1.54, 1.807) is 61.6 Å². The quantitative estimate of drug-likeness (QED) is 0.403. The number of hydrogen-bond donors (Lipinski definition) is 4. The molecule has 4 N–H and O–H groups in total. The Morgan fingerprint density at radius 3 is 2.38 bits per heavy atom. The summed E-state index contributed by atoms with van der Waals surface area (Å²) in [5, 5.41) is 11.2. The number of nitrogens with one attached hydrogen (secondary N) is 4. The van der Waals surface area contributed by atoms with Gasteiger partial charge in [0.15, 0.2) is 6.61 Å². The van der Waals surface area contributed by atoms with Gasteiger partial charge in [0.25, 0.3) is 11.8 Å². The third-order valence-corrected chi connectivity index (χ3v) is 6.76. The Bertz CT molecular complexity index is 1220. The number of ether oxygens (including phenoxy) is 1. The van der Waals surface area contributed by atoms with E-state index in [1.165, 1.54) is 4.90 Å². The number of carbonyl (C=O) groups excluding carboxylic acids is 5. The molecule has 11 heteroatoms. The van der Waals surface area contributed by atoms with Gasteiger partial charge >= 0.3 is 0 Å². The third-order valence-electron chi connectivity index (χ3n) is 6.76. The highest BCUT2D eigenvalue weighted by molar-refractivity contribution is 5.97. The largest absolute Gasteiger partial charge is 0.484 e. The van der Waals surface area contributed by atoms with Gasteiger partial charge in [-0.05, 0) is 48.6 Å². The fraction of sp³-hybridized carbons (Fsp3) is 0.452. The molecule has 2 bridgehead atoms. The third kappa shape index (κ3) is 10.5. The SMILES string of the molecule is CC(C)C[C@@H]1NC(=O)CCCNC(=O)[C@@H](NC(=O)c2ccccc2)Cc2ccc(cc2)OCC(=O)NCCN(C)C1=O. The molecule has 11 nitrogen and oxygen atoms in total. The van der Waals surface area contributed by atoms with Crippen LogP contribution < -0.4 is 26.0 Å². The topological polar surface area (TPSA) is 146 Å². The molecule has 0 aliphatic carbocycles. The van der Waals surface area contributed by atoms with Crippen LogP contribution in [0.1, 0.15) is 49.0 Å². The van der Waals surface area contributed by atoms with Crippen LogP contribution in [-0.4, -0.2) is 79.8 Å². The van der Waals surface area contributed by atoms with E-state index in [2.05, 4.69) is 21.3 Å². The molecule has 0 spiro atoms. The second-order valence-corrected chi connectivity index (χ2v) is 10.8. The zero-order valence-electron chi connectivity index (χ0n) is 24.5. The lowest BCUT2D eigenvalue weighted by molar-refractivity contribution is -0.136. The number of rotatable bonds is 4. The van der Waals surface area contributed by atoms with Crippen molar-refractivity contribution in [2.24, 2.45) is 5.92 Å². The molecular weight excluding hydrogens is 538 g/mol. The number of likely N-dealkylation sites (N-methyl/N-ethyl adjacent to an activating group) is 1. The standard InChI is InChI=1S/C31H41N5O6/c1-21(2)18-26-31(41)36(3)17-16-32-28(38)20-42-24-13-11-22(12-14-24)19-25(30(40)33-15-7-10-27(37)34-26)35-29(39)23-8-5-4-6-9-23/h4-6,8-9,11-14,21,25-26H,7,10,15-20H2,1-3H3,(H,32,38)(H,33,40)(H,34,37)(H,35,39)/t25-,26-/m0/s1. The molecular formula is C31H41N5O6. The summed E-state index contributed by atoms with van der Waals surface area (Å²) in [5.41, 5.74) is 1.21. The molecule has 0 saturated heterocycles. The molecule has 2 atom stereocenters. The first-order chi connectivity index (χ1) is 20.1. The highest BCUT2D eigenvalue weighted by atomic mass is 16.5. The van der Waals surface area contributed by atoms with Crippen molar-refractivity contribution in [3.63, 3.8) is 0 Å². The van der Waals surface area contributed by atoms with E-state index in [4.69, 9.17) is 4.74 Å². The molecule has 4 rings (SSSR count). The van der Waals surface area contributed by atoms with Crippen LogP contribution in [0.25, 0.3) is 0 Å². The van der Waals surface area contributed by atoms with Gasteiger partial charge in [0, 0.05) is 45.1 Å². The van der Waals surface area contributed by atoms with Gasteiger partial charge in [0.2, 0.25) is 17.7 Å². The number of benzene rings is 2. The van der Waals surface area contributed by atoms with Crippen LogP contribution >= 0.6 is 0 Å². The fourth-order valence-corrected chi connectivity index (χ4v) is 4.48. The van der Waals surface area contributed by atoms with E-state index in [0.717, 1.165) is 5.56 Å². The lowest BCUT2D eigenvalue weighted by Crippen LogP contribution is -2.50. The molecule has 2 aromatic carbocycles. The Hall–Kier alpha value is -4.41. The Morgan fingerprint density at radius 2 is 1.69 bits per heavy atom. The van der Waals surface area contributed by atoms with Gasteiger partial charge in [-0.3, -0.25) is 24.0 Å². The summed E-state index contributed by atoms with van der Waals surface area (Å²) in [6.07, 6.45) is 1.16. The first kappa shape index (κ1) is 32.1. The average molecular weight is 580 g/mol. The van der Waals surface area contributed by atoms with Gasteiger partial charge < -0.3 is 30.9 Å². The highest BCUT2D eigenvalue weighted by Gasteiger charge is 2.25. The Balaban J connectivity index is 1.75. The molecule has 2 aliphatic heterocycles. The number of carbonyl (C=O) groups is 5. The predicted octanol–water partition coefficient (Wildman–Crippen LogP) is 1.42. The Kier molecular flexibility index (Phi) is 12.3. The van der Waals surface area contributed by atoms with Gasteiger partial charge in [-0.15, -0.1) is 0 Å². The first-order valence-corrected chi connectivity index (χ1v) is 14.3. The van der Waals surface area contributed by atoms with Crippen LogP contribution in [0.2, 0.25) is 0 Å². The van der Waals surface area contributed by atoms with Crippen molar-refractivity contribution in [1.29, 1.82) is 0 Å². The summed E-state index contributed by atoms with van der Waals surface area (Å²) in [4.78, 5) is 65.6. The zero-order valence-corrected chi connectivity index (χ0v) is 24.5. The Morgan fingerprint density at radius 1 is 0.976 bits per heavy atom. The van der Waals surface area contributed by atoms with Crippen molar-refractivity contribution < 1.29 is 28.7 Å². The minimum absolute atomic E-state index is 0.116. The van der Waals surface area contributed by atoms with Gasteiger partial charge in [-0.25, -0.2) is 0 Å². The maximum Gasteiger partial charge on any atom is 0.258 e. The molecule has 2 aliphatic rings. The number of hydrogen-bond acceptors (Lipinski definition) is 6. The maximum atomic E-state index is 13.2. The van der Waals surface area contributed by atoms with Gasteiger partial charge in [0.05, 0.1) is 0 Å². The normalized spacial score (nSPS) is 20.0.